The number of rotatable bonds is 13. The first-order chi connectivity index (χ1) is 27.1. The van der Waals surface area contributed by atoms with E-state index < -0.39 is 32.4 Å². The normalized spacial score (nSPS) is 17.9. The zero-order valence-electron chi connectivity index (χ0n) is 31.5. The number of ether oxygens (including phenoxy) is 6. The molecular weight excluding hydrogens is 730 g/mol. The van der Waals surface area contributed by atoms with Crippen molar-refractivity contribution in [3.63, 3.8) is 0 Å². The highest BCUT2D eigenvalue weighted by atomic mass is 16.6. The number of hydrogen-bond donors (Lipinski definition) is 3. The maximum absolute atomic E-state index is 11.8. The molecule has 2 aromatic heterocycles. The molecule has 56 heavy (non-hydrogen) atoms. The van der Waals surface area contributed by atoms with E-state index in [9.17, 15) is 19.6 Å². The van der Waals surface area contributed by atoms with Crippen LogP contribution >= 0.6 is 0 Å². The van der Waals surface area contributed by atoms with Gasteiger partial charge in [-0.3, -0.25) is 19.6 Å². The molecule has 7 rings (SSSR count). The Morgan fingerprint density at radius 2 is 1.32 bits per heavy atom. The Bertz CT molecular complexity index is 1890. The number of fused-ring (bicyclic) bond motifs is 2. The molecule has 1 saturated heterocycles. The summed E-state index contributed by atoms with van der Waals surface area (Å²) in [6.07, 6.45) is 10.5. The summed E-state index contributed by atoms with van der Waals surface area (Å²) >= 11 is 0. The van der Waals surface area contributed by atoms with Gasteiger partial charge in [0.05, 0.1) is 63.4 Å². The molecule has 3 atom stereocenters. The van der Waals surface area contributed by atoms with E-state index in [1.165, 1.54) is 50.9 Å². The Hall–Kier alpha value is -5.01. The number of aromatic nitrogens is 4. The summed E-state index contributed by atoms with van der Waals surface area (Å²) in [4.78, 5) is 38.8. The molecule has 19 heteroatoms. The average molecular weight is 774 g/mol. The van der Waals surface area contributed by atoms with Crippen molar-refractivity contribution in [1.82, 2.24) is 19.9 Å². The Morgan fingerprint density at radius 1 is 0.804 bits per heavy atom. The number of carbonyl (C=O) groups is 2. The van der Waals surface area contributed by atoms with Crippen LogP contribution < -0.4 is 20.4 Å². The van der Waals surface area contributed by atoms with Crippen molar-refractivity contribution >= 4 is 37.1 Å². The predicted octanol–water partition coefficient (Wildman–Crippen LogP) is 2.96. The molecule has 3 aliphatic heterocycles. The highest BCUT2D eigenvalue weighted by Gasteiger charge is 2.40. The smallest absolute Gasteiger partial charge is 0.481 e. The number of carbonyl (C=O) groups excluding carboxylic acids is 1. The molecule has 3 aliphatic rings. The monoisotopic (exact) mass is 774 g/mol. The molecule has 17 nitrogen and oxygen atoms in total. The Balaban J connectivity index is 0.000000187. The Labute approximate surface area is 324 Å². The Kier molecular flexibility index (Phi) is 15.6. The molecule has 5 heterocycles. The molecule has 3 unspecified atom stereocenters. The van der Waals surface area contributed by atoms with Crippen molar-refractivity contribution in [3.05, 3.63) is 83.7 Å². The maximum Gasteiger partial charge on any atom is 0.492 e. The van der Waals surface area contributed by atoms with Gasteiger partial charge in [-0.2, -0.15) is 0 Å². The van der Waals surface area contributed by atoms with Crippen LogP contribution in [0.5, 0.6) is 23.3 Å². The standard InChI is InChI=1S/C17H19BN2O6.C15H15BN2O6.C5H10O/c1-3-24-16(21)8-14-17-11(10-23-2)6-12(7-13(17)18(22)26-14)25-15-9-19-4-5-20-15;1-22-8-9-4-10(23-13-7-17-2-3-18-13)5-11-15(9)12(6-14(19)20)24-16(11)21;1-5-3-2-4-6-5/h4-7,9,14,22H,3,8,10H2,1-2H3;2-5,7,12,21H,6,8H2,1H3,(H,19,20);5H,2-4H2,1H3. The van der Waals surface area contributed by atoms with E-state index in [4.69, 9.17) is 42.8 Å². The van der Waals surface area contributed by atoms with Gasteiger partial charge in [0.1, 0.15) is 11.5 Å². The number of nitrogens with zero attached hydrogens (tertiary/aromatic N) is 4. The molecule has 0 amide bonds. The third kappa shape index (κ3) is 11.5. The molecule has 2 aromatic carbocycles. The lowest BCUT2D eigenvalue weighted by Gasteiger charge is -2.16. The van der Waals surface area contributed by atoms with E-state index in [1.807, 2.05) is 0 Å². The van der Waals surface area contributed by atoms with Crippen molar-refractivity contribution < 1.29 is 62.5 Å². The highest BCUT2D eigenvalue weighted by molar-refractivity contribution is 6.62. The van der Waals surface area contributed by atoms with Gasteiger partial charge in [-0.1, -0.05) is 0 Å². The molecule has 0 aliphatic carbocycles. The molecule has 0 radical (unpaired) electrons. The third-order valence-electron chi connectivity index (χ3n) is 8.60. The number of carboxylic acid groups (broad SMARTS) is 1. The van der Waals surface area contributed by atoms with Gasteiger partial charge in [-0.25, -0.2) is 9.97 Å². The van der Waals surface area contributed by atoms with Crippen LogP contribution in [0.1, 0.15) is 74.0 Å². The van der Waals surface area contributed by atoms with Crippen molar-refractivity contribution in [2.45, 2.75) is 71.1 Å². The van der Waals surface area contributed by atoms with Crippen LogP contribution in [0, 0.1) is 0 Å². The van der Waals surface area contributed by atoms with Crippen molar-refractivity contribution in [2.24, 2.45) is 0 Å². The van der Waals surface area contributed by atoms with Crippen LogP contribution in [0.15, 0.2) is 61.4 Å². The first-order valence-corrected chi connectivity index (χ1v) is 17.9. The minimum atomic E-state index is -1.22. The number of hydrogen-bond acceptors (Lipinski definition) is 16. The molecule has 0 saturated carbocycles. The number of benzene rings is 2. The van der Waals surface area contributed by atoms with Gasteiger partial charge in [0.15, 0.2) is 0 Å². The second-order valence-corrected chi connectivity index (χ2v) is 12.7. The minimum absolute atomic E-state index is 0.0129. The van der Waals surface area contributed by atoms with E-state index in [-0.39, 0.29) is 38.6 Å². The lowest BCUT2D eigenvalue weighted by atomic mass is 9.77. The summed E-state index contributed by atoms with van der Waals surface area (Å²) in [6, 6.07) is 6.76. The van der Waals surface area contributed by atoms with Crippen LogP contribution in [0.2, 0.25) is 0 Å². The summed E-state index contributed by atoms with van der Waals surface area (Å²) in [5, 5.41) is 29.4. The summed E-state index contributed by atoms with van der Waals surface area (Å²) in [7, 11) is 0.715. The van der Waals surface area contributed by atoms with E-state index in [0.29, 0.717) is 51.4 Å². The number of carboxylic acids is 1. The minimum Gasteiger partial charge on any atom is -0.481 e. The van der Waals surface area contributed by atoms with Gasteiger partial charge in [0.25, 0.3) is 0 Å². The van der Waals surface area contributed by atoms with Gasteiger partial charge < -0.3 is 52.9 Å². The fourth-order valence-electron chi connectivity index (χ4n) is 6.36. The molecule has 4 aromatic rings. The Morgan fingerprint density at radius 3 is 1.70 bits per heavy atom. The quantitative estimate of drug-likeness (QED) is 0.131. The molecule has 3 N–H and O–H groups in total. The summed E-state index contributed by atoms with van der Waals surface area (Å²) in [5.41, 5.74) is 3.80. The van der Waals surface area contributed by atoms with Crippen molar-refractivity contribution in [2.75, 3.05) is 27.4 Å². The van der Waals surface area contributed by atoms with Crippen LogP contribution in [0.3, 0.4) is 0 Å². The lowest BCUT2D eigenvalue weighted by Crippen LogP contribution is -2.28. The van der Waals surface area contributed by atoms with Gasteiger partial charge in [-0.15, -0.1) is 0 Å². The molecule has 0 spiro atoms. The van der Waals surface area contributed by atoms with Gasteiger partial charge >= 0.3 is 26.2 Å². The number of esters is 1. The first-order valence-electron chi connectivity index (χ1n) is 17.9. The maximum atomic E-state index is 11.8. The van der Waals surface area contributed by atoms with E-state index in [0.717, 1.165) is 17.7 Å². The SMILES string of the molecule is CC1CCCO1.CCOC(=O)CC1OB(O)c2cc(Oc3cnccn3)cc(COC)c21.COCc1cc(Oc2cnccn2)cc2c1C(CC(=O)O)OB2O. The third-order valence-corrected chi connectivity index (χ3v) is 8.60. The zero-order chi connectivity index (χ0) is 40.0. The van der Waals surface area contributed by atoms with Crippen LogP contribution in [0.4, 0.5) is 0 Å². The number of methoxy groups -OCH3 is 2. The second kappa shape index (κ2) is 20.8. The van der Waals surface area contributed by atoms with Crippen molar-refractivity contribution in [1.29, 1.82) is 0 Å². The van der Waals surface area contributed by atoms with Gasteiger partial charge in [0.2, 0.25) is 11.8 Å². The van der Waals surface area contributed by atoms with Crippen LogP contribution in [0.25, 0.3) is 0 Å². The lowest BCUT2D eigenvalue weighted by molar-refractivity contribution is -0.145. The first kappa shape index (κ1) is 42.1. The number of aliphatic carboxylic acids is 1. The summed E-state index contributed by atoms with van der Waals surface area (Å²) < 4.78 is 42.9. The topological polar surface area (TPSA) is 220 Å². The van der Waals surface area contributed by atoms with E-state index in [1.54, 1.807) is 44.5 Å². The fraction of sp³-hybridized carbons (Fsp3) is 0.405. The molecular formula is C37H44B2N4O13. The molecule has 296 valence electrons. The summed E-state index contributed by atoms with van der Waals surface area (Å²) in [6.45, 7) is 5.63. The summed E-state index contributed by atoms with van der Waals surface area (Å²) in [5.74, 6) is 0.128. The largest absolute Gasteiger partial charge is 0.492 e. The fourth-order valence-corrected chi connectivity index (χ4v) is 6.36. The molecule has 1 fully saturated rings. The second-order valence-electron chi connectivity index (χ2n) is 12.7. The van der Waals surface area contributed by atoms with Crippen LogP contribution in [-0.2, 0) is 51.1 Å². The van der Waals surface area contributed by atoms with Crippen LogP contribution in [-0.4, -0.2) is 94.8 Å². The predicted molar refractivity (Wildman–Crippen MR) is 200 cm³/mol. The van der Waals surface area contributed by atoms with Gasteiger partial charge in [-0.05, 0) is 84.1 Å². The van der Waals surface area contributed by atoms with Crippen molar-refractivity contribution in [3.8, 4) is 23.3 Å². The average Bonchev–Trinajstić information content (AvgIpc) is 3.86. The highest BCUT2D eigenvalue weighted by Crippen LogP contribution is 2.35. The van der Waals surface area contributed by atoms with E-state index >= 15 is 0 Å². The van der Waals surface area contributed by atoms with Gasteiger partial charge in [0, 0.05) is 45.6 Å². The molecule has 0 bridgehead atoms. The van der Waals surface area contributed by atoms with E-state index in [2.05, 4.69) is 26.9 Å². The zero-order valence-corrected chi connectivity index (χ0v) is 31.5.